The van der Waals surface area contributed by atoms with Crippen LogP contribution in [0.4, 0.5) is 0 Å². The summed E-state index contributed by atoms with van der Waals surface area (Å²) >= 11 is 1.63. The van der Waals surface area contributed by atoms with Crippen LogP contribution in [0.15, 0.2) is 58.7 Å². The number of carbonyl (C=O) groups excluding carboxylic acids is 1. The average molecular weight is 341 g/mol. The van der Waals surface area contributed by atoms with Gasteiger partial charge in [-0.1, -0.05) is 6.07 Å². The lowest BCUT2D eigenvalue weighted by Gasteiger charge is -2.21. The fraction of sp³-hybridized carbons (Fsp3) is 0.167. The van der Waals surface area contributed by atoms with Gasteiger partial charge in [-0.05, 0) is 35.7 Å². The van der Waals surface area contributed by atoms with Crippen LogP contribution in [0.1, 0.15) is 20.8 Å². The molecule has 0 radical (unpaired) electrons. The van der Waals surface area contributed by atoms with Crippen LogP contribution in [0, 0.1) is 0 Å². The highest BCUT2D eigenvalue weighted by Gasteiger charge is 2.21. The van der Waals surface area contributed by atoms with Gasteiger partial charge in [-0.25, -0.2) is 0 Å². The minimum absolute atomic E-state index is 0.0529. The zero-order valence-electron chi connectivity index (χ0n) is 12.8. The molecule has 0 unspecified atom stereocenters. The summed E-state index contributed by atoms with van der Waals surface area (Å²) in [6, 6.07) is 11.2. The topological polar surface area (TPSA) is 51.9 Å². The quantitative estimate of drug-likeness (QED) is 0.706. The fourth-order valence-electron chi connectivity index (χ4n) is 2.61. The average Bonchev–Trinajstić information content (AvgIpc) is 3.35. The van der Waals surface area contributed by atoms with E-state index in [9.17, 15) is 4.79 Å². The summed E-state index contributed by atoms with van der Waals surface area (Å²) in [5, 5.41) is 2.01. The van der Waals surface area contributed by atoms with Gasteiger partial charge in [-0.15, -0.1) is 11.3 Å². The van der Waals surface area contributed by atoms with Crippen molar-refractivity contribution >= 4 is 17.2 Å². The van der Waals surface area contributed by atoms with Gasteiger partial charge in [-0.3, -0.25) is 4.79 Å². The van der Waals surface area contributed by atoms with Crippen molar-refractivity contribution in [3.63, 3.8) is 0 Å². The van der Waals surface area contributed by atoms with Gasteiger partial charge in [-0.2, -0.15) is 0 Å². The molecule has 0 aliphatic carbocycles. The Morgan fingerprint density at radius 3 is 2.83 bits per heavy atom. The number of hydrogen-bond donors (Lipinski definition) is 0. The van der Waals surface area contributed by atoms with Gasteiger partial charge in [0, 0.05) is 22.5 Å². The number of hydrogen-bond acceptors (Lipinski definition) is 5. The van der Waals surface area contributed by atoms with Crippen molar-refractivity contribution in [3.05, 3.63) is 70.3 Å². The van der Waals surface area contributed by atoms with E-state index in [1.807, 2.05) is 23.6 Å². The minimum Gasteiger partial charge on any atom is -0.472 e. The molecule has 1 amide bonds. The second-order valence-electron chi connectivity index (χ2n) is 5.44. The van der Waals surface area contributed by atoms with Gasteiger partial charge in [0.25, 0.3) is 5.91 Å². The van der Waals surface area contributed by atoms with E-state index in [0.717, 1.165) is 10.4 Å². The summed E-state index contributed by atoms with van der Waals surface area (Å²) in [5.41, 5.74) is 1.54. The molecule has 4 rings (SSSR count). The van der Waals surface area contributed by atoms with Crippen molar-refractivity contribution in [1.29, 1.82) is 0 Å². The third kappa shape index (κ3) is 3.00. The van der Waals surface area contributed by atoms with Gasteiger partial charge in [0.15, 0.2) is 11.5 Å². The maximum absolute atomic E-state index is 13.0. The lowest BCUT2D eigenvalue weighted by molar-refractivity contribution is 0.0731. The highest BCUT2D eigenvalue weighted by Crippen LogP contribution is 2.33. The Morgan fingerprint density at radius 2 is 2.04 bits per heavy atom. The summed E-state index contributed by atoms with van der Waals surface area (Å²) in [5.74, 6) is 1.23. The molecule has 24 heavy (non-hydrogen) atoms. The van der Waals surface area contributed by atoms with Crippen LogP contribution in [-0.2, 0) is 13.1 Å². The van der Waals surface area contributed by atoms with E-state index in [0.29, 0.717) is 30.2 Å². The number of rotatable bonds is 5. The maximum atomic E-state index is 13.0. The molecule has 1 aliphatic rings. The molecule has 0 bridgehead atoms. The number of fused-ring (bicyclic) bond motifs is 1. The summed E-state index contributed by atoms with van der Waals surface area (Å²) in [4.78, 5) is 15.9. The molecule has 1 aromatic carbocycles. The van der Waals surface area contributed by atoms with Crippen LogP contribution in [0.5, 0.6) is 11.5 Å². The van der Waals surface area contributed by atoms with Crippen molar-refractivity contribution in [2.75, 3.05) is 6.79 Å². The van der Waals surface area contributed by atoms with E-state index in [2.05, 4.69) is 0 Å². The van der Waals surface area contributed by atoms with Crippen molar-refractivity contribution in [3.8, 4) is 11.5 Å². The molecule has 0 fully saturated rings. The summed E-state index contributed by atoms with van der Waals surface area (Å²) in [6.07, 6.45) is 3.28. The normalized spacial score (nSPS) is 12.3. The van der Waals surface area contributed by atoms with Crippen LogP contribution in [0.2, 0.25) is 0 Å². The number of amides is 1. The van der Waals surface area contributed by atoms with E-state index in [4.69, 9.17) is 13.9 Å². The number of furan rings is 1. The van der Waals surface area contributed by atoms with Crippen LogP contribution in [0.3, 0.4) is 0 Å². The molecule has 6 heteroatoms. The summed E-state index contributed by atoms with van der Waals surface area (Å²) in [7, 11) is 0. The summed E-state index contributed by atoms with van der Waals surface area (Å²) in [6.45, 7) is 1.23. The number of benzene rings is 1. The molecule has 0 saturated heterocycles. The molecule has 1 aliphatic heterocycles. The van der Waals surface area contributed by atoms with E-state index in [1.165, 1.54) is 0 Å². The first-order chi connectivity index (χ1) is 11.8. The summed E-state index contributed by atoms with van der Waals surface area (Å²) < 4.78 is 15.8. The lowest BCUT2D eigenvalue weighted by atomic mass is 10.1. The molecule has 3 heterocycles. The van der Waals surface area contributed by atoms with Gasteiger partial charge < -0.3 is 18.8 Å². The van der Waals surface area contributed by atoms with Crippen LogP contribution >= 0.6 is 11.3 Å². The monoisotopic (exact) mass is 341 g/mol. The number of thiophene rings is 1. The van der Waals surface area contributed by atoms with Crippen molar-refractivity contribution in [2.24, 2.45) is 0 Å². The number of nitrogens with zero attached hydrogens (tertiary/aromatic N) is 1. The van der Waals surface area contributed by atoms with Crippen molar-refractivity contribution in [1.82, 2.24) is 4.90 Å². The molecule has 5 nitrogen and oxygen atoms in total. The smallest absolute Gasteiger partial charge is 0.254 e. The first-order valence-electron chi connectivity index (χ1n) is 7.52. The zero-order valence-corrected chi connectivity index (χ0v) is 13.6. The molecule has 0 N–H and O–H groups in total. The van der Waals surface area contributed by atoms with Crippen LogP contribution in [0.25, 0.3) is 0 Å². The fourth-order valence-corrected chi connectivity index (χ4v) is 3.32. The van der Waals surface area contributed by atoms with E-state index in [1.54, 1.807) is 47.0 Å². The Bertz CT molecular complexity index is 791. The van der Waals surface area contributed by atoms with Gasteiger partial charge in [0.1, 0.15) is 0 Å². The van der Waals surface area contributed by atoms with Gasteiger partial charge >= 0.3 is 0 Å². The lowest BCUT2D eigenvalue weighted by Crippen LogP contribution is -2.29. The first-order valence-corrected chi connectivity index (χ1v) is 8.40. The van der Waals surface area contributed by atoms with E-state index >= 15 is 0 Å². The highest BCUT2D eigenvalue weighted by atomic mass is 32.1. The number of ether oxygens (including phenoxy) is 2. The zero-order chi connectivity index (χ0) is 16.4. The van der Waals surface area contributed by atoms with Gasteiger partial charge in [0.05, 0.1) is 19.1 Å². The third-order valence-corrected chi connectivity index (χ3v) is 4.65. The minimum atomic E-state index is -0.0529. The van der Waals surface area contributed by atoms with Crippen LogP contribution in [-0.4, -0.2) is 17.6 Å². The third-order valence-electron chi connectivity index (χ3n) is 3.79. The molecule has 122 valence electrons. The van der Waals surface area contributed by atoms with Crippen molar-refractivity contribution < 1.29 is 18.7 Å². The first kappa shape index (κ1) is 14.8. The van der Waals surface area contributed by atoms with E-state index < -0.39 is 0 Å². The molecule has 0 saturated carbocycles. The Hall–Kier alpha value is -2.73. The predicted octanol–water partition coefficient (Wildman–Crippen LogP) is 3.91. The second-order valence-corrected chi connectivity index (χ2v) is 6.47. The standard InChI is InChI=1S/C18H15NO4S/c20-18(14-3-4-16-17(8-14)23-12-22-16)19(9-13-5-6-21-11-13)10-15-2-1-7-24-15/h1-8,11H,9-10,12H2. The highest BCUT2D eigenvalue weighted by molar-refractivity contribution is 7.09. The predicted molar refractivity (Wildman–Crippen MR) is 89.2 cm³/mol. The maximum Gasteiger partial charge on any atom is 0.254 e. The molecule has 3 aromatic rings. The molecule has 2 aromatic heterocycles. The molecular weight excluding hydrogens is 326 g/mol. The van der Waals surface area contributed by atoms with E-state index in [-0.39, 0.29) is 12.7 Å². The van der Waals surface area contributed by atoms with Gasteiger partial charge in [0.2, 0.25) is 6.79 Å². The Labute approximate surface area is 143 Å². The molecular formula is C18H15NO4S. The largest absolute Gasteiger partial charge is 0.472 e. The Kier molecular flexibility index (Phi) is 3.96. The Morgan fingerprint density at radius 1 is 1.12 bits per heavy atom. The van der Waals surface area contributed by atoms with Crippen molar-refractivity contribution in [2.45, 2.75) is 13.1 Å². The SMILES string of the molecule is O=C(c1ccc2c(c1)OCO2)N(Cc1ccoc1)Cc1cccs1. The Balaban J connectivity index is 1.60. The van der Waals surface area contributed by atoms with Crippen LogP contribution < -0.4 is 9.47 Å². The molecule has 0 atom stereocenters. The molecule has 0 spiro atoms. The second kappa shape index (κ2) is 6.41. The number of carbonyl (C=O) groups is 1.